The molecule has 0 bridgehead atoms. The molecule has 192 valence electrons. The van der Waals surface area contributed by atoms with Crippen LogP contribution in [0, 0.1) is 11.3 Å². The predicted molar refractivity (Wildman–Crippen MR) is 168 cm³/mol. The largest absolute Gasteiger partial charge is 0.244 e. The third-order valence-corrected chi connectivity index (χ3v) is 8.69. The SMILES string of the molecule is CC1(C)c2cc(C#N)ccc2-c2ccc(-c3ccc(-c4cc5nc6ccccc6nc5c5ccccc45)cc3)cc21. The van der Waals surface area contributed by atoms with Gasteiger partial charge in [0.25, 0.3) is 0 Å². The van der Waals surface area contributed by atoms with E-state index in [0.29, 0.717) is 5.56 Å². The summed E-state index contributed by atoms with van der Waals surface area (Å²) in [7, 11) is 0. The molecule has 8 rings (SSSR count). The summed E-state index contributed by atoms with van der Waals surface area (Å²) in [5.41, 5.74) is 13.9. The zero-order chi connectivity index (χ0) is 27.7. The fourth-order valence-corrected chi connectivity index (χ4v) is 6.52. The van der Waals surface area contributed by atoms with E-state index < -0.39 is 0 Å². The molecule has 0 aliphatic heterocycles. The number of benzene rings is 6. The lowest BCUT2D eigenvalue weighted by atomic mass is 9.81. The van der Waals surface area contributed by atoms with Crippen LogP contribution in [0.5, 0.6) is 0 Å². The number of aromatic nitrogens is 2. The second kappa shape index (κ2) is 8.58. The molecule has 0 atom stereocenters. The van der Waals surface area contributed by atoms with Crippen molar-refractivity contribution in [2.45, 2.75) is 19.3 Å². The molecule has 0 saturated heterocycles. The third kappa shape index (κ3) is 3.51. The highest BCUT2D eigenvalue weighted by molar-refractivity contribution is 6.12. The third-order valence-electron chi connectivity index (χ3n) is 8.69. The molecule has 1 aliphatic rings. The van der Waals surface area contributed by atoms with Crippen molar-refractivity contribution in [3.8, 4) is 39.4 Å². The quantitative estimate of drug-likeness (QED) is 0.167. The highest BCUT2D eigenvalue weighted by Crippen LogP contribution is 2.50. The Kier molecular flexibility index (Phi) is 4.93. The molecule has 3 nitrogen and oxygen atoms in total. The highest BCUT2D eigenvalue weighted by atomic mass is 14.8. The van der Waals surface area contributed by atoms with Crippen molar-refractivity contribution in [1.29, 1.82) is 5.26 Å². The Hall–Kier alpha value is -5.33. The summed E-state index contributed by atoms with van der Waals surface area (Å²) in [4.78, 5) is 9.95. The predicted octanol–water partition coefficient (Wildman–Crippen LogP) is 9.45. The van der Waals surface area contributed by atoms with Gasteiger partial charge in [-0.25, -0.2) is 9.97 Å². The van der Waals surface area contributed by atoms with Gasteiger partial charge in [0.15, 0.2) is 0 Å². The van der Waals surface area contributed by atoms with Crippen molar-refractivity contribution in [2.75, 3.05) is 0 Å². The molecule has 7 aromatic rings. The normalized spacial score (nSPS) is 13.3. The molecule has 41 heavy (non-hydrogen) atoms. The average molecular weight is 524 g/mol. The van der Waals surface area contributed by atoms with E-state index >= 15 is 0 Å². The fourth-order valence-electron chi connectivity index (χ4n) is 6.52. The first-order chi connectivity index (χ1) is 20.0. The Labute approximate surface area is 238 Å². The van der Waals surface area contributed by atoms with Crippen LogP contribution in [0.25, 0.3) is 66.2 Å². The molecule has 1 aliphatic carbocycles. The number of fused-ring (bicyclic) bond motifs is 7. The van der Waals surface area contributed by atoms with E-state index in [9.17, 15) is 5.26 Å². The van der Waals surface area contributed by atoms with Gasteiger partial charge in [-0.1, -0.05) is 92.7 Å². The van der Waals surface area contributed by atoms with Crippen LogP contribution in [-0.4, -0.2) is 9.97 Å². The molecule has 3 heteroatoms. The Bertz CT molecular complexity index is 2230. The average Bonchev–Trinajstić information content (AvgIpc) is 3.25. The van der Waals surface area contributed by atoms with Crippen molar-refractivity contribution in [1.82, 2.24) is 9.97 Å². The maximum absolute atomic E-state index is 9.45. The van der Waals surface area contributed by atoms with Gasteiger partial charge in [-0.2, -0.15) is 5.26 Å². The Balaban J connectivity index is 1.22. The van der Waals surface area contributed by atoms with E-state index in [1.54, 1.807) is 0 Å². The standard InChI is InChI=1S/C38H25N3/c1-38(2)32-19-23(22-39)11-17-28(32)29-18-16-26(20-33(29)38)24-12-14-25(15-13-24)31-21-36-37(30-8-4-3-7-27(30)31)41-35-10-6-5-9-34(35)40-36/h3-21H,1-2H3. The van der Waals surface area contributed by atoms with Crippen LogP contribution in [-0.2, 0) is 5.41 Å². The molecule has 0 radical (unpaired) electrons. The van der Waals surface area contributed by atoms with Crippen LogP contribution in [0.15, 0.2) is 115 Å². The summed E-state index contributed by atoms with van der Waals surface area (Å²) in [6.45, 7) is 4.51. The van der Waals surface area contributed by atoms with E-state index in [1.807, 2.05) is 36.4 Å². The topological polar surface area (TPSA) is 49.6 Å². The second-order valence-electron chi connectivity index (χ2n) is 11.4. The fraction of sp³-hybridized carbons (Fsp3) is 0.0789. The summed E-state index contributed by atoms with van der Waals surface area (Å²) in [5, 5.41) is 11.7. The molecule has 0 spiro atoms. The van der Waals surface area contributed by atoms with Crippen molar-refractivity contribution in [3.63, 3.8) is 0 Å². The molecule has 0 amide bonds. The van der Waals surface area contributed by atoms with Crippen LogP contribution in [0.2, 0.25) is 0 Å². The van der Waals surface area contributed by atoms with Gasteiger partial charge in [0.1, 0.15) is 0 Å². The van der Waals surface area contributed by atoms with E-state index in [-0.39, 0.29) is 5.41 Å². The lowest BCUT2D eigenvalue weighted by Crippen LogP contribution is -2.15. The number of hydrogen-bond acceptors (Lipinski definition) is 3. The lowest BCUT2D eigenvalue weighted by Gasteiger charge is -2.22. The molecule has 1 heterocycles. The minimum absolute atomic E-state index is 0.164. The maximum Gasteiger partial charge on any atom is 0.0991 e. The summed E-state index contributed by atoms with van der Waals surface area (Å²) in [6.07, 6.45) is 0. The molecule has 0 fully saturated rings. The van der Waals surface area contributed by atoms with Gasteiger partial charge in [-0.05, 0) is 86.3 Å². The smallest absolute Gasteiger partial charge is 0.0991 e. The number of rotatable bonds is 2. The van der Waals surface area contributed by atoms with Crippen LogP contribution in [0.1, 0.15) is 30.5 Å². The van der Waals surface area contributed by atoms with Crippen LogP contribution < -0.4 is 0 Å². The molecule has 0 saturated carbocycles. The molecule has 0 unspecified atom stereocenters. The summed E-state index contributed by atoms with van der Waals surface area (Å²) < 4.78 is 0. The van der Waals surface area contributed by atoms with Crippen molar-refractivity contribution in [3.05, 3.63) is 132 Å². The van der Waals surface area contributed by atoms with E-state index in [4.69, 9.17) is 9.97 Å². The van der Waals surface area contributed by atoms with Crippen molar-refractivity contribution in [2.24, 2.45) is 0 Å². The van der Waals surface area contributed by atoms with Crippen LogP contribution in [0.4, 0.5) is 0 Å². The van der Waals surface area contributed by atoms with E-state index in [1.165, 1.54) is 38.8 Å². The van der Waals surface area contributed by atoms with Gasteiger partial charge in [0.2, 0.25) is 0 Å². The highest BCUT2D eigenvalue weighted by Gasteiger charge is 2.35. The summed E-state index contributed by atoms with van der Waals surface area (Å²) >= 11 is 0. The van der Waals surface area contributed by atoms with Crippen molar-refractivity contribution >= 4 is 32.8 Å². The minimum Gasteiger partial charge on any atom is -0.244 e. The van der Waals surface area contributed by atoms with Gasteiger partial charge in [-0.3, -0.25) is 0 Å². The first-order valence-corrected chi connectivity index (χ1v) is 13.9. The summed E-state index contributed by atoms with van der Waals surface area (Å²) in [6, 6.07) is 42.7. The Morgan fingerprint density at radius 1 is 0.537 bits per heavy atom. The summed E-state index contributed by atoms with van der Waals surface area (Å²) in [5.74, 6) is 0. The van der Waals surface area contributed by atoms with Gasteiger partial charge < -0.3 is 0 Å². The maximum atomic E-state index is 9.45. The van der Waals surface area contributed by atoms with Gasteiger partial charge in [-0.15, -0.1) is 0 Å². The Morgan fingerprint density at radius 3 is 1.90 bits per heavy atom. The number of para-hydroxylation sites is 2. The molecule has 1 aromatic heterocycles. The molecule has 6 aromatic carbocycles. The number of nitriles is 1. The molecular weight excluding hydrogens is 498 g/mol. The van der Waals surface area contributed by atoms with Crippen LogP contribution in [0.3, 0.4) is 0 Å². The van der Waals surface area contributed by atoms with Crippen LogP contribution >= 0.6 is 0 Å². The zero-order valence-corrected chi connectivity index (χ0v) is 22.8. The van der Waals surface area contributed by atoms with E-state index in [0.717, 1.165) is 38.6 Å². The minimum atomic E-state index is -0.164. The first kappa shape index (κ1) is 23.5. The van der Waals surface area contributed by atoms with Gasteiger partial charge >= 0.3 is 0 Å². The van der Waals surface area contributed by atoms with E-state index in [2.05, 4.69) is 98.8 Å². The number of hydrogen-bond donors (Lipinski definition) is 0. The Morgan fingerprint density at radius 2 is 1.15 bits per heavy atom. The monoisotopic (exact) mass is 523 g/mol. The second-order valence-corrected chi connectivity index (χ2v) is 11.4. The molecular formula is C38H25N3. The molecule has 0 N–H and O–H groups in total. The number of nitrogens with zero attached hydrogens (tertiary/aromatic N) is 3. The van der Waals surface area contributed by atoms with Gasteiger partial charge in [0.05, 0.1) is 33.7 Å². The zero-order valence-electron chi connectivity index (χ0n) is 22.8. The van der Waals surface area contributed by atoms with Gasteiger partial charge in [0, 0.05) is 10.8 Å². The first-order valence-electron chi connectivity index (χ1n) is 13.9. The lowest BCUT2D eigenvalue weighted by molar-refractivity contribution is 0.660. The van der Waals surface area contributed by atoms with Crippen molar-refractivity contribution < 1.29 is 0 Å².